The molecular weight excluding hydrogens is 294 g/mol. The topological polar surface area (TPSA) is 18.5 Å². The fourth-order valence-electron chi connectivity index (χ4n) is 4.31. The van der Waals surface area contributed by atoms with E-state index in [1.54, 1.807) is 0 Å². The zero-order chi connectivity index (χ0) is 16.8. The average Bonchev–Trinajstić information content (AvgIpc) is 2.62. The van der Waals surface area contributed by atoms with Crippen molar-refractivity contribution in [3.63, 3.8) is 0 Å². The molecular formula is C21H35N3. The maximum Gasteiger partial charge on any atom is 0.0412 e. The summed E-state index contributed by atoms with van der Waals surface area (Å²) in [5.74, 6) is 0.953. The van der Waals surface area contributed by atoms with Crippen molar-refractivity contribution in [1.29, 1.82) is 0 Å². The van der Waals surface area contributed by atoms with E-state index < -0.39 is 0 Å². The largest absolute Gasteiger partial charge is 0.369 e. The number of hydrogen-bond acceptors (Lipinski definition) is 3. The van der Waals surface area contributed by atoms with Crippen LogP contribution in [0.2, 0.25) is 0 Å². The Morgan fingerprint density at radius 1 is 1.04 bits per heavy atom. The minimum atomic E-state index is 0.619. The summed E-state index contributed by atoms with van der Waals surface area (Å²) < 4.78 is 0. The quantitative estimate of drug-likeness (QED) is 0.854. The lowest BCUT2D eigenvalue weighted by molar-refractivity contribution is 0.304. The van der Waals surface area contributed by atoms with Gasteiger partial charge in [-0.3, -0.25) is 0 Å². The SMILES string of the molecule is CC(CC1CCCCC1)NCc1ccccc1N1CCN(C)CC1. The smallest absolute Gasteiger partial charge is 0.0412 e. The predicted molar refractivity (Wildman–Crippen MR) is 104 cm³/mol. The van der Waals surface area contributed by atoms with Gasteiger partial charge >= 0.3 is 0 Å². The molecule has 24 heavy (non-hydrogen) atoms. The molecule has 1 atom stereocenters. The van der Waals surface area contributed by atoms with Crippen LogP contribution in [0.5, 0.6) is 0 Å². The van der Waals surface area contributed by atoms with Crippen molar-refractivity contribution in [3.8, 4) is 0 Å². The first kappa shape index (κ1) is 17.8. The molecule has 0 bridgehead atoms. The van der Waals surface area contributed by atoms with Gasteiger partial charge in [0.25, 0.3) is 0 Å². The van der Waals surface area contributed by atoms with E-state index in [0.717, 1.165) is 25.6 Å². The Balaban J connectivity index is 1.53. The summed E-state index contributed by atoms with van der Waals surface area (Å²) in [6, 6.07) is 9.58. The second-order valence-corrected chi connectivity index (χ2v) is 7.94. The van der Waals surface area contributed by atoms with Crippen molar-refractivity contribution < 1.29 is 0 Å². The molecule has 1 unspecified atom stereocenters. The molecule has 1 N–H and O–H groups in total. The highest BCUT2D eigenvalue weighted by molar-refractivity contribution is 5.54. The number of anilines is 1. The monoisotopic (exact) mass is 329 g/mol. The van der Waals surface area contributed by atoms with Gasteiger partial charge in [0.1, 0.15) is 0 Å². The fraction of sp³-hybridized carbons (Fsp3) is 0.714. The Morgan fingerprint density at radius 3 is 2.50 bits per heavy atom. The van der Waals surface area contributed by atoms with E-state index >= 15 is 0 Å². The van der Waals surface area contributed by atoms with Gasteiger partial charge in [-0.05, 0) is 37.9 Å². The first-order valence-corrected chi connectivity index (χ1v) is 9.97. The molecule has 1 aromatic rings. The molecule has 2 fully saturated rings. The molecule has 0 spiro atoms. The maximum absolute atomic E-state index is 3.80. The van der Waals surface area contributed by atoms with Gasteiger partial charge in [-0.2, -0.15) is 0 Å². The molecule has 3 rings (SSSR count). The molecule has 1 aromatic carbocycles. The number of likely N-dealkylation sites (N-methyl/N-ethyl adjacent to an activating group) is 1. The van der Waals surface area contributed by atoms with Crippen LogP contribution in [0.1, 0.15) is 51.0 Å². The Hall–Kier alpha value is -1.06. The van der Waals surface area contributed by atoms with Crippen molar-refractivity contribution in [2.75, 3.05) is 38.1 Å². The van der Waals surface area contributed by atoms with Crippen LogP contribution in [-0.4, -0.2) is 44.2 Å². The van der Waals surface area contributed by atoms with Crippen molar-refractivity contribution in [3.05, 3.63) is 29.8 Å². The van der Waals surface area contributed by atoms with E-state index in [2.05, 4.69) is 53.4 Å². The molecule has 1 aliphatic heterocycles. The van der Waals surface area contributed by atoms with Crippen molar-refractivity contribution in [2.45, 2.75) is 58.0 Å². The fourth-order valence-corrected chi connectivity index (χ4v) is 4.31. The Bertz CT molecular complexity index is 488. The summed E-state index contributed by atoms with van der Waals surface area (Å²) in [6.07, 6.45) is 8.59. The molecule has 1 saturated heterocycles. The lowest BCUT2D eigenvalue weighted by atomic mass is 9.85. The standard InChI is InChI=1S/C21H35N3/c1-18(16-19-8-4-3-5-9-19)22-17-20-10-6-7-11-21(20)24-14-12-23(2)13-15-24/h6-7,10-11,18-19,22H,3-5,8-9,12-17H2,1-2H3. The van der Waals surface area contributed by atoms with Gasteiger partial charge in [0.05, 0.1) is 0 Å². The Kier molecular flexibility index (Phi) is 6.56. The second-order valence-electron chi connectivity index (χ2n) is 7.94. The van der Waals surface area contributed by atoms with E-state index in [9.17, 15) is 0 Å². The first-order chi connectivity index (χ1) is 11.7. The van der Waals surface area contributed by atoms with Crippen LogP contribution in [0.25, 0.3) is 0 Å². The number of benzene rings is 1. The van der Waals surface area contributed by atoms with E-state index in [0.29, 0.717) is 6.04 Å². The van der Waals surface area contributed by atoms with E-state index in [4.69, 9.17) is 0 Å². The van der Waals surface area contributed by atoms with Crippen molar-refractivity contribution in [2.24, 2.45) is 5.92 Å². The van der Waals surface area contributed by atoms with Crippen LogP contribution < -0.4 is 10.2 Å². The molecule has 2 aliphatic rings. The maximum atomic E-state index is 3.80. The van der Waals surface area contributed by atoms with Crippen LogP contribution in [0.4, 0.5) is 5.69 Å². The van der Waals surface area contributed by atoms with Crippen LogP contribution in [0, 0.1) is 5.92 Å². The van der Waals surface area contributed by atoms with Gasteiger partial charge in [0.2, 0.25) is 0 Å². The number of piperazine rings is 1. The minimum Gasteiger partial charge on any atom is -0.369 e. The van der Waals surface area contributed by atoms with Gasteiger partial charge in [-0.15, -0.1) is 0 Å². The highest BCUT2D eigenvalue weighted by Crippen LogP contribution is 2.27. The van der Waals surface area contributed by atoms with Crippen molar-refractivity contribution >= 4 is 5.69 Å². The zero-order valence-electron chi connectivity index (χ0n) is 15.6. The molecule has 134 valence electrons. The Morgan fingerprint density at radius 2 is 1.75 bits per heavy atom. The lowest BCUT2D eigenvalue weighted by Crippen LogP contribution is -2.45. The van der Waals surface area contributed by atoms with Crippen LogP contribution in [0.3, 0.4) is 0 Å². The number of para-hydroxylation sites is 1. The van der Waals surface area contributed by atoms with E-state index in [1.807, 2.05) is 0 Å². The number of nitrogens with one attached hydrogen (secondary N) is 1. The van der Waals surface area contributed by atoms with Gasteiger partial charge in [-0.1, -0.05) is 50.3 Å². The van der Waals surface area contributed by atoms with Gasteiger partial charge in [0.15, 0.2) is 0 Å². The molecule has 3 heteroatoms. The third kappa shape index (κ3) is 4.97. The van der Waals surface area contributed by atoms with Crippen LogP contribution >= 0.6 is 0 Å². The number of hydrogen-bond donors (Lipinski definition) is 1. The highest BCUT2D eigenvalue weighted by Gasteiger charge is 2.18. The summed E-state index contributed by atoms with van der Waals surface area (Å²) in [6.45, 7) is 7.99. The first-order valence-electron chi connectivity index (χ1n) is 9.97. The molecule has 3 nitrogen and oxygen atoms in total. The third-order valence-electron chi connectivity index (χ3n) is 5.89. The minimum absolute atomic E-state index is 0.619. The van der Waals surface area contributed by atoms with Gasteiger partial charge in [-0.25, -0.2) is 0 Å². The summed E-state index contributed by atoms with van der Waals surface area (Å²) in [4.78, 5) is 4.98. The third-order valence-corrected chi connectivity index (χ3v) is 5.89. The summed E-state index contributed by atoms with van der Waals surface area (Å²) in [7, 11) is 2.22. The van der Waals surface area contributed by atoms with Gasteiger partial charge < -0.3 is 15.1 Å². The molecule has 1 saturated carbocycles. The predicted octanol–water partition coefficient (Wildman–Crippen LogP) is 3.89. The van der Waals surface area contributed by atoms with Crippen LogP contribution in [0.15, 0.2) is 24.3 Å². The zero-order valence-corrected chi connectivity index (χ0v) is 15.6. The van der Waals surface area contributed by atoms with Gasteiger partial charge in [0, 0.05) is 44.5 Å². The molecule has 0 amide bonds. The second kappa shape index (κ2) is 8.87. The summed E-state index contributed by atoms with van der Waals surface area (Å²) in [5.41, 5.74) is 2.89. The average molecular weight is 330 g/mol. The summed E-state index contributed by atoms with van der Waals surface area (Å²) in [5, 5.41) is 3.80. The number of rotatable bonds is 6. The molecule has 1 heterocycles. The molecule has 1 aliphatic carbocycles. The van der Waals surface area contributed by atoms with Crippen LogP contribution in [-0.2, 0) is 6.54 Å². The molecule has 0 aromatic heterocycles. The number of nitrogens with zero attached hydrogens (tertiary/aromatic N) is 2. The molecule has 0 radical (unpaired) electrons. The van der Waals surface area contributed by atoms with Crippen molar-refractivity contribution in [1.82, 2.24) is 10.2 Å². The normalized spacial score (nSPS) is 21.8. The lowest BCUT2D eigenvalue weighted by Gasteiger charge is -2.35. The van der Waals surface area contributed by atoms with E-state index in [1.165, 1.54) is 62.9 Å². The van der Waals surface area contributed by atoms with E-state index in [-0.39, 0.29) is 0 Å². The summed E-state index contributed by atoms with van der Waals surface area (Å²) >= 11 is 0. The highest BCUT2D eigenvalue weighted by atomic mass is 15.2. The Labute approximate surface area is 148 Å².